The van der Waals surface area contributed by atoms with Crippen LogP contribution >= 0.6 is 0 Å². The second kappa shape index (κ2) is 7.74. The number of ether oxygens (including phenoxy) is 2. The fraction of sp³-hybridized carbons (Fsp3) is 0.929. The maximum atomic E-state index is 11.0. The second-order valence-corrected chi connectivity index (χ2v) is 5.73. The van der Waals surface area contributed by atoms with Crippen LogP contribution < -0.4 is 5.32 Å². The number of carbonyl (C=O) groups is 1. The number of nitrogens with one attached hydrogen (secondary N) is 1. The molecule has 18 heavy (non-hydrogen) atoms. The molecule has 0 aromatic heterocycles. The van der Waals surface area contributed by atoms with Crippen molar-refractivity contribution in [2.75, 3.05) is 33.4 Å². The summed E-state index contributed by atoms with van der Waals surface area (Å²) in [7, 11) is 1.43. The Morgan fingerprint density at radius 3 is 2.67 bits per heavy atom. The van der Waals surface area contributed by atoms with Crippen LogP contribution in [0.5, 0.6) is 0 Å². The van der Waals surface area contributed by atoms with Crippen LogP contribution in [0, 0.1) is 11.3 Å². The fourth-order valence-electron chi connectivity index (χ4n) is 2.49. The van der Waals surface area contributed by atoms with Crippen LogP contribution in [0.3, 0.4) is 0 Å². The van der Waals surface area contributed by atoms with Gasteiger partial charge in [-0.1, -0.05) is 13.8 Å². The summed E-state index contributed by atoms with van der Waals surface area (Å²) in [6.07, 6.45) is 3.67. The number of rotatable bonds is 7. The van der Waals surface area contributed by atoms with E-state index >= 15 is 0 Å². The Balaban J connectivity index is 2.14. The van der Waals surface area contributed by atoms with E-state index in [2.05, 4.69) is 23.9 Å². The third-order valence-corrected chi connectivity index (χ3v) is 3.87. The zero-order valence-corrected chi connectivity index (χ0v) is 12.0. The van der Waals surface area contributed by atoms with Crippen molar-refractivity contribution in [2.24, 2.45) is 11.3 Å². The van der Waals surface area contributed by atoms with Gasteiger partial charge >= 0.3 is 5.97 Å². The van der Waals surface area contributed by atoms with Crippen LogP contribution in [-0.2, 0) is 14.3 Å². The van der Waals surface area contributed by atoms with E-state index < -0.39 is 0 Å². The Morgan fingerprint density at radius 2 is 2.06 bits per heavy atom. The molecule has 1 fully saturated rings. The Bertz CT molecular complexity index is 247. The average molecular weight is 257 g/mol. The maximum absolute atomic E-state index is 11.0. The summed E-state index contributed by atoms with van der Waals surface area (Å²) < 4.78 is 10.0. The molecule has 0 aliphatic carbocycles. The quantitative estimate of drug-likeness (QED) is 0.559. The smallest absolute Gasteiger partial charge is 0.305 e. The number of esters is 1. The molecular formula is C14H27NO3. The van der Waals surface area contributed by atoms with Gasteiger partial charge in [-0.3, -0.25) is 4.79 Å². The third-order valence-electron chi connectivity index (χ3n) is 3.87. The van der Waals surface area contributed by atoms with Crippen molar-refractivity contribution >= 4 is 5.97 Å². The largest absolute Gasteiger partial charge is 0.469 e. The van der Waals surface area contributed by atoms with Gasteiger partial charge in [0.15, 0.2) is 0 Å². The molecule has 0 radical (unpaired) electrons. The SMILES string of the molecule is COC(=O)CCCNCC(C)(C)C1CCOCC1. The molecule has 0 aromatic carbocycles. The molecule has 1 heterocycles. The van der Waals surface area contributed by atoms with E-state index in [-0.39, 0.29) is 5.97 Å². The van der Waals surface area contributed by atoms with Gasteiger partial charge in [0.25, 0.3) is 0 Å². The van der Waals surface area contributed by atoms with Crippen LogP contribution in [0.15, 0.2) is 0 Å². The lowest BCUT2D eigenvalue weighted by Gasteiger charge is -2.37. The lowest BCUT2D eigenvalue weighted by atomic mass is 9.74. The van der Waals surface area contributed by atoms with Gasteiger partial charge in [0.2, 0.25) is 0 Å². The van der Waals surface area contributed by atoms with Crippen molar-refractivity contribution in [1.82, 2.24) is 5.32 Å². The molecule has 0 spiro atoms. The minimum absolute atomic E-state index is 0.125. The minimum atomic E-state index is -0.125. The van der Waals surface area contributed by atoms with Crippen LogP contribution in [-0.4, -0.2) is 39.4 Å². The van der Waals surface area contributed by atoms with Crippen molar-refractivity contribution in [3.8, 4) is 0 Å². The lowest BCUT2D eigenvalue weighted by molar-refractivity contribution is -0.140. The van der Waals surface area contributed by atoms with Crippen molar-refractivity contribution < 1.29 is 14.3 Å². The predicted molar refractivity (Wildman–Crippen MR) is 71.4 cm³/mol. The summed E-state index contributed by atoms with van der Waals surface area (Å²) in [5.41, 5.74) is 0.301. The number of methoxy groups -OCH3 is 1. The van der Waals surface area contributed by atoms with Gasteiger partial charge < -0.3 is 14.8 Å². The summed E-state index contributed by atoms with van der Waals surface area (Å²) in [5, 5.41) is 3.45. The van der Waals surface area contributed by atoms with E-state index in [0.717, 1.165) is 51.5 Å². The fourth-order valence-corrected chi connectivity index (χ4v) is 2.49. The van der Waals surface area contributed by atoms with Crippen molar-refractivity contribution in [3.63, 3.8) is 0 Å². The van der Waals surface area contributed by atoms with Crippen LogP contribution in [0.2, 0.25) is 0 Å². The van der Waals surface area contributed by atoms with Gasteiger partial charge in [-0.2, -0.15) is 0 Å². The number of hydrogen-bond acceptors (Lipinski definition) is 4. The summed E-state index contributed by atoms with van der Waals surface area (Å²) in [5.74, 6) is 0.611. The maximum Gasteiger partial charge on any atom is 0.305 e. The second-order valence-electron chi connectivity index (χ2n) is 5.73. The Hall–Kier alpha value is -0.610. The zero-order chi connectivity index (χ0) is 13.4. The highest BCUT2D eigenvalue weighted by Crippen LogP contribution is 2.33. The molecule has 0 bridgehead atoms. The molecule has 1 aliphatic heterocycles. The van der Waals surface area contributed by atoms with E-state index in [4.69, 9.17) is 4.74 Å². The highest BCUT2D eigenvalue weighted by atomic mass is 16.5. The summed E-state index contributed by atoms with van der Waals surface area (Å²) >= 11 is 0. The van der Waals surface area contributed by atoms with Crippen molar-refractivity contribution in [1.29, 1.82) is 0 Å². The normalized spacial score (nSPS) is 17.7. The summed E-state index contributed by atoms with van der Waals surface area (Å²) in [4.78, 5) is 11.0. The van der Waals surface area contributed by atoms with Crippen LogP contribution in [0.1, 0.15) is 39.5 Å². The minimum Gasteiger partial charge on any atom is -0.469 e. The highest BCUT2D eigenvalue weighted by Gasteiger charge is 2.30. The molecule has 1 rings (SSSR count). The molecule has 0 saturated carbocycles. The van der Waals surface area contributed by atoms with Gasteiger partial charge in [0.1, 0.15) is 0 Å². The first-order chi connectivity index (χ1) is 8.56. The first kappa shape index (κ1) is 15.4. The van der Waals surface area contributed by atoms with Gasteiger partial charge in [-0.05, 0) is 37.1 Å². The summed E-state index contributed by atoms with van der Waals surface area (Å²) in [6, 6.07) is 0. The topological polar surface area (TPSA) is 47.6 Å². The molecule has 1 aliphatic rings. The highest BCUT2D eigenvalue weighted by molar-refractivity contribution is 5.69. The lowest BCUT2D eigenvalue weighted by Crippen LogP contribution is -2.38. The molecule has 4 heteroatoms. The molecule has 0 unspecified atom stereocenters. The van der Waals surface area contributed by atoms with E-state index in [1.54, 1.807) is 0 Å². The number of carbonyl (C=O) groups excluding carboxylic acids is 1. The van der Waals surface area contributed by atoms with Gasteiger partial charge in [0, 0.05) is 26.2 Å². The third kappa shape index (κ3) is 5.36. The first-order valence-electron chi connectivity index (χ1n) is 6.91. The Morgan fingerprint density at radius 1 is 1.39 bits per heavy atom. The predicted octanol–water partition coefficient (Wildman–Crippen LogP) is 1.98. The number of hydrogen-bond donors (Lipinski definition) is 1. The Labute approximate surface area is 110 Å². The molecule has 1 saturated heterocycles. The van der Waals surface area contributed by atoms with Gasteiger partial charge in [-0.25, -0.2) is 0 Å². The van der Waals surface area contributed by atoms with E-state index in [1.165, 1.54) is 7.11 Å². The molecule has 1 N–H and O–H groups in total. The van der Waals surface area contributed by atoms with Crippen molar-refractivity contribution in [2.45, 2.75) is 39.5 Å². The molecular weight excluding hydrogens is 230 g/mol. The van der Waals surface area contributed by atoms with E-state index in [9.17, 15) is 4.79 Å². The molecule has 0 atom stereocenters. The molecule has 4 nitrogen and oxygen atoms in total. The monoisotopic (exact) mass is 257 g/mol. The van der Waals surface area contributed by atoms with Gasteiger partial charge in [0.05, 0.1) is 7.11 Å². The van der Waals surface area contributed by atoms with E-state index in [1.807, 2.05) is 0 Å². The molecule has 0 aromatic rings. The zero-order valence-electron chi connectivity index (χ0n) is 12.0. The first-order valence-corrected chi connectivity index (χ1v) is 6.91. The van der Waals surface area contributed by atoms with Crippen LogP contribution in [0.25, 0.3) is 0 Å². The Kier molecular flexibility index (Phi) is 6.65. The van der Waals surface area contributed by atoms with E-state index in [0.29, 0.717) is 11.8 Å². The average Bonchev–Trinajstić information content (AvgIpc) is 2.39. The standard InChI is InChI=1S/C14H27NO3/c1-14(2,12-6-9-18-10-7-12)11-15-8-4-5-13(16)17-3/h12,15H,4-11H2,1-3H3. The van der Waals surface area contributed by atoms with Gasteiger partial charge in [-0.15, -0.1) is 0 Å². The van der Waals surface area contributed by atoms with Crippen LogP contribution in [0.4, 0.5) is 0 Å². The summed E-state index contributed by atoms with van der Waals surface area (Å²) in [6.45, 7) is 8.31. The molecule has 0 amide bonds. The molecule has 106 valence electrons. The van der Waals surface area contributed by atoms with Crippen molar-refractivity contribution in [3.05, 3.63) is 0 Å².